The molecule has 3 rings (SSSR count). The lowest BCUT2D eigenvalue weighted by Crippen LogP contribution is -2.13. The van der Waals surface area contributed by atoms with Crippen molar-refractivity contribution in [2.45, 2.75) is 13.5 Å². The smallest absolute Gasteiger partial charge is 0.271 e. The molecule has 0 saturated heterocycles. The number of hydrogen-bond acceptors (Lipinski definition) is 5. The third-order valence-corrected chi connectivity index (χ3v) is 4.38. The van der Waals surface area contributed by atoms with Gasteiger partial charge in [0.1, 0.15) is 24.0 Å². The van der Waals surface area contributed by atoms with Gasteiger partial charge in [-0.15, -0.1) is 0 Å². The van der Waals surface area contributed by atoms with E-state index in [2.05, 4.69) is 5.32 Å². The number of anilines is 1. The van der Waals surface area contributed by atoms with Crippen molar-refractivity contribution in [3.8, 4) is 11.8 Å². The molecule has 3 aromatic rings. The minimum absolute atomic E-state index is 0.155. The molecule has 31 heavy (non-hydrogen) atoms. The minimum atomic E-state index is -0.670. The van der Waals surface area contributed by atoms with E-state index >= 15 is 0 Å². The number of para-hydroxylation sites is 1. The summed E-state index contributed by atoms with van der Waals surface area (Å²) < 4.78 is 5.90. The highest BCUT2D eigenvalue weighted by Gasteiger charge is 2.13. The van der Waals surface area contributed by atoms with Crippen LogP contribution in [0.3, 0.4) is 0 Å². The third-order valence-electron chi connectivity index (χ3n) is 4.38. The van der Waals surface area contributed by atoms with Gasteiger partial charge in [0.25, 0.3) is 11.6 Å². The highest BCUT2D eigenvalue weighted by molar-refractivity contribution is 6.09. The number of nitriles is 1. The van der Waals surface area contributed by atoms with Crippen LogP contribution >= 0.6 is 0 Å². The molecule has 1 amide bonds. The first-order chi connectivity index (χ1) is 15.0. The molecule has 0 unspecified atom stereocenters. The van der Waals surface area contributed by atoms with Crippen molar-refractivity contribution in [3.05, 3.63) is 105 Å². The zero-order valence-electron chi connectivity index (χ0n) is 16.7. The van der Waals surface area contributed by atoms with Gasteiger partial charge in [-0.1, -0.05) is 54.1 Å². The summed E-state index contributed by atoms with van der Waals surface area (Å²) in [6.07, 6.45) is 1.43. The fraction of sp³-hybridized carbons (Fsp3) is 0.0833. The largest absolute Gasteiger partial charge is 0.488 e. The number of ether oxygens (including phenoxy) is 1. The number of nitro groups is 1. The van der Waals surface area contributed by atoms with Gasteiger partial charge in [-0.25, -0.2) is 0 Å². The van der Waals surface area contributed by atoms with Gasteiger partial charge in [-0.2, -0.15) is 5.26 Å². The average Bonchev–Trinajstić information content (AvgIpc) is 2.76. The van der Waals surface area contributed by atoms with Crippen molar-refractivity contribution in [3.63, 3.8) is 0 Å². The lowest BCUT2D eigenvalue weighted by atomic mass is 10.1. The van der Waals surface area contributed by atoms with Gasteiger partial charge in [0.2, 0.25) is 0 Å². The van der Waals surface area contributed by atoms with Crippen LogP contribution in [0.15, 0.2) is 78.4 Å². The van der Waals surface area contributed by atoms with Gasteiger partial charge in [0.05, 0.1) is 4.92 Å². The molecule has 0 atom stereocenters. The Bertz CT molecular complexity index is 1200. The van der Waals surface area contributed by atoms with Crippen molar-refractivity contribution in [2.24, 2.45) is 0 Å². The normalized spacial score (nSPS) is 10.8. The molecule has 0 aliphatic carbocycles. The number of non-ortho nitro benzene ring substituents is 1. The van der Waals surface area contributed by atoms with Crippen molar-refractivity contribution >= 4 is 23.4 Å². The summed E-state index contributed by atoms with van der Waals surface area (Å²) in [6.45, 7) is 2.34. The van der Waals surface area contributed by atoms with Crippen LogP contribution in [0.1, 0.15) is 16.7 Å². The van der Waals surface area contributed by atoms with Crippen LogP contribution < -0.4 is 10.1 Å². The number of amides is 1. The van der Waals surface area contributed by atoms with Crippen LogP contribution in [0.4, 0.5) is 11.4 Å². The number of carbonyl (C=O) groups is 1. The number of hydrogen-bond donors (Lipinski definition) is 1. The second-order valence-corrected chi connectivity index (χ2v) is 6.75. The Morgan fingerprint density at radius 3 is 2.65 bits per heavy atom. The summed E-state index contributed by atoms with van der Waals surface area (Å²) in [5.74, 6) is -0.142. The fourth-order valence-electron chi connectivity index (χ4n) is 2.89. The molecular weight excluding hydrogens is 394 g/mol. The monoisotopic (exact) mass is 413 g/mol. The van der Waals surface area contributed by atoms with E-state index in [9.17, 15) is 20.2 Å². The number of rotatable bonds is 7. The van der Waals surface area contributed by atoms with Gasteiger partial charge < -0.3 is 10.1 Å². The molecule has 0 aliphatic rings. The van der Waals surface area contributed by atoms with Crippen LogP contribution in [-0.4, -0.2) is 10.8 Å². The first kappa shape index (κ1) is 21.3. The summed E-state index contributed by atoms with van der Waals surface area (Å²) >= 11 is 0. The maximum Gasteiger partial charge on any atom is 0.271 e. The lowest BCUT2D eigenvalue weighted by molar-refractivity contribution is -0.384. The van der Waals surface area contributed by atoms with E-state index in [1.54, 1.807) is 24.3 Å². The number of carbonyl (C=O) groups excluding carboxylic acids is 1. The molecular formula is C24H19N3O4. The highest BCUT2D eigenvalue weighted by Crippen LogP contribution is 2.23. The molecule has 0 fully saturated rings. The van der Waals surface area contributed by atoms with E-state index in [1.165, 1.54) is 30.3 Å². The summed E-state index contributed by atoms with van der Waals surface area (Å²) in [7, 11) is 0. The maximum absolute atomic E-state index is 12.5. The van der Waals surface area contributed by atoms with Crippen LogP contribution in [0.5, 0.6) is 5.75 Å². The number of nitrogens with one attached hydrogen (secondary N) is 1. The van der Waals surface area contributed by atoms with E-state index < -0.39 is 10.8 Å². The zero-order chi connectivity index (χ0) is 22.2. The molecule has 0 bridgehead atoms. The Morgan fingerprint density at radius 2 is 1.90 bits per heavy atom. The molecule has 154 valence electrons. The highest BCUT2D eigenvalue weighted by atomic mass is 16.6. The summed E-state index contributed by atoms with van der Waals surface area (Å²) in [6, 6.07) is 22.4. The van der Waals surface area contributed by atoms with Gasteiger partial charge >= 0.3 is 0 Å². The minimum Gasteiger partial charge on any atom is -0.488 e. The zero-order valence-corrected chi connectivity index (χ0v) is 16.7. The molecule has 7 nitrogen and oxygen atoms in total. The predicted octanol–water partition coefficient (Wildman–Crippen LogP) is 5.03. The number of nitrogens with zero attached hydrogens (tertiary/aromatic N) is 2. The van der Waals surface area contributed by atoms with Crippen LogP contribution in [-0.2, 0) is 11.4 Å². The molecule has 7 heteroatoms. The van der Waals surface area contributed by atoms with Gasteiger partial charge in [0, 0.05) is 23.4 Å². The Hall–Kier alpha value is -4.44. The number of nitro benzene ring substituents is 1. The molecule has 0 saturated carbocycles. The van der Waals surface area contributed by atoms with Gasteiger partial charge in [0.15, 0.2) is 0 Å². The van der Waals surface area contributed by atoms with E-state index in [0.29, 0.717) is 17.9 Å². The first-order valence-electron chi connectivity index (χ1n) is 9.41. The standard InChI is InChI=1S/C24H19N3O4/c1-17-6-4-7-18(12-17)16-31-23-11-3-2-8-19(23)13-20(15-25)24(28)26-21-9-5-10-22(14-21)27(29)30/h2-14H,16H2,1H3,(H,26,28)/b20-13+. The second-order valence-electron chi connectivity index (χ2n) is 6.75. The van der Waals surface area contributed by atoms with Gasteiger partial charge in [-0.05, 0) is 30.7 Å². The Labute approximate surface area is 179 Å². The molecule has 0 spiro atoms. The Balaban J connectivity index is 1.79. The Kier molecular flexibility index (Phi) is 6.76. The summed E-state index contributed by atoms with van der Waals surface area (Å²) in [4.78, 5) is 22.9. The number of aryl methyl sites for hydroxylation is 1. The fourth-order valence-corrected chi connectivity index (χ4v) is 2.89. The number of benzene rings is 3. The van der Waals surface area contributed by atoms with Crippen molar-refractivity contribution < 1.29 is 14.5 Å². The average molecular weight is 413 g/mol. The van der Waals surface area contributed by atoms with Crippen LogP contribution in [0.25, 0.3) is 6.08 Å². The molecule has 0 aliphatic heterocycles. The third kappa shape index (κ3) is 5.78. The van der Waals surface area contributed by atoms with Crippen LogP contribution in [0.2, 0.25) is 0 Å². The van der Waals surface area contributed by atoms with Crippen molar-refractivity contribution in [1.29, 1.82) is 5.26 Å². The van der Waals surface area contributed by atoms with Crippen molar-refractivity contribution in [2.75, 3.05) is 5.32 Å². The van der Waals surface area contributed by atoms with E-state index in [-0.39, 0.29) is 16.9 Å². The molecule has 3 aromatic carbocycles. The predicted molar refractivity (Wildman–Crippen MR) is 117 cm³/mol. The maximum atomic E-state index is 12.5. The Morgan fingerprint density at radius 1 is 1.13 bits per heavy atom. The lowest BCUT2D eigenvalue weighted by Gasteiger charge is -2.10. The second kappa shape index (κ2) is 9.85. The van der Waals surface area contributed by atoms with Crippen molar-refractivity contribution in [1.82, 2.24) is 0 Å². The molecule has 0 heterocycles. The van der Waals surface area contributed by atoms with Crippen LogP contribution in [0, 0.1) is 28.4 Å². The van der Waals surface area contributed by atoms with E-state index in [4.69, 9.17) is 4.74 Å². The summed E-state index contributed by atoms with van der Waals surface area (Å²) in [5.41, 5.74) is 2.61. The van der Waals surface area contributed by atoms with Gasteiger partial charge in [-0.3, -0.25) is 14.9 Å². The topological polar surface area (TPSA) is 105 Å². The molecule has 1 N–H and O–H groups in total. The molecule has 0 aromatic heterocycles. The van der Waals surface area contributed by atoms with E-state index in [1.807, 2.05) is 37.3 Å². The SMILES string of the molecule is Cc1cccc(COc2ccccc2/C=C(\C#N)C(=O)Nc2cccc([N+](=O)[O-])c2)c1. The summed E-state index contributed by atoms with van der Waals surface area (Å²) in [5, 5.41) is 22.9. The first-order valence-corrected chi connectivity index (χ1v) is 9.41. The quantitative estimate of drug-likeness (QED) is 0.253. The molecule has 0 radical (unpaired) electrons. The van der Waals surface area contributed by atoms with E-state index in [0.717, 1.165) is 11.1 Å².